The third-order valence-electron chi connectivity index (χ3n) is 4.57. The van der Waals surface area contributed by atoms with Crippen molar-refractivity contribution in [2.24, 2.45) is 0 Å². The fourth-order valence-electron chi connectivity index (χ4n) is 2.81. The molecule has 0 spiro atoms. The predicted molar refractivity (Wildman–Crippen MR) is 119 cm³/mol. The Kier molecular flexibility index (Phi) is 6.95. The van der Waals surface area contributed by atoms with Gasteiger partial charge in [-0.3, -0.25) is 19.3 Å². The Bertz CT molecular complexity index is 985. The van der Waals surface area contributed by atoms with Crippen LogP contribution in [0.2, 0.25) is 0 Å². The molecule has 0 bridgehead atoms. The standard InChI is InChI=1S/C23H24N2O4S/c1-4-16(3)29-19-10-8-17(9-11-19)13-20-22(27)25(23(28)30-20)14-21(26)24-18-7-5-6-15(2)12-18/h5-13,16H,4,14H2,1-3H3,(H,24,26)/b20-13-/t16-/m0/s1. The summed E-state index contributed by atoms with van der Waals surface area (Å²) in [5, 5.41) is 2.26. The first-order valence-corrected chi connectivity index (χ1v) is 10.6. The number of anilines is 1. The molecule has 30 heavy (non-hydrogen) atoms. The number of rotatable bonds is 7. The van der Waals surface area contributed by atoms with Crippen LogP contribution in [0.4, 0.5) is 10.5 Å². The molecule has 2 aromatic carbocycles. The second-order valence-corrected chi connectivity index (χ2v) is 8.08. The van der Waals surface area contributed by atoms with Gasteiger partial charge in [-0.15, -0.1) is 0 Å². The number of hydrogen-bond donors (Lipinski definition) is 1. The van der Waals surface area contributed by atoms with Crippen molar-refractivity contribution in [2.75, 3.05) is 11.9 Å². The zero-order valence-corrected chi connectivity index (χ0v) is 18.0. The Morgan fingerprint density at radius 2 is 1.93 bits per heavy atom. The summed E-state index contributed by atoms with van der Waals surface area (Å²) in [5.74, 6) is -0.137. The van der Waals surface area contributed by atoms with Gasteiger partial charge in [0.1, 0.15) is 12.3 Å². The highest BCUT2D eigenvalue weighted by Crippen LogP contribution is 2.32. The lowest BCUT2D eigenvalue weighted by Gasteiger charge is -2.13. The van der Waals surface area contributed by atoms with Gasteiger partial charge in [0.15, 0.2) is 0 Å². The van der Waals surface area contributed by atoms with E-state index in [-0.39, 0.29) is 12.6 Å². The highest BCUT2D eigenvalue weighted by Gasteiger charge is 2.36. The molecule has 1 heterocycles. The molecule has 0 saturated carbocycles. The molecule has 0 radical (unpaired) electrons. The van der Waals surface area contributed by atoms with Crippen molar-refractivity contribution in [1.29, 1.82) is 0 Å². The molecular formula is C23H24N2O4S. The van der Waals surface area contributed by atoms with Crippen LogP contribution in [0.15, 0.2) is 53.4 Å². The lowest BCUT2D eigenvalue weighted by Crippen LogP contribution is -2.36. The van der Waals surface area contributed by atoms with E-state index in [4.69, 9.17) is 4.74 Å². The molecule has 1 aliphatic heterocycles. The minimum atomic E-state index is -0.468. The number of aryl methyl sites for hydroxylation is 1. The number of carbonyl (C=O) groups is 3. The average molecular weight is 425 g/mol. The van der Waals surface area contributed by atoms with E-state index in [2.05, 4.69) is 12.2 Å². The quantitative estimate of drug-likeness (QED) is 0.643. The Morgan fingerprint density at radius 1 is 1.20 bits per heavy atom. The van der Waals surface area contributed by atoms with Gasteiger partial charge in [0.05, 0.1) is 11.0 Å². The molecule has 3 rings (SSSR count). The Labute approximate surface area is 180 Å². The molecular weight excluding hydrogens is 400 g/mol. The second kappa shape index (κ2) is 9.63. The van der Waals surface area contributed by atoms with E-state index in [0.29, 0.717) is 10.6 Å². The summed E-state index contributed by atoms with van der Waals surface area (Å²) in [6, 6.07) is 14.6. The predicted octanol–water partition coefficient (Wildman–Crippen LogP) is 4.85. The van der Waals surface area contributed by atoms with Crippen LogP contribution in [0, 0.1) is 6.92 Å². The van der Waals surface area contributed by atoms with Crippen molar-refractivity contribution < 1.29 is 19.1 Å². The second-order valence-electron chi connectivity index (χ2n) is 7.09. The van der Waals surface area contributed by atoms with Crippen molar-refractivity contribution in [2.45, 2.75) is 33.3 Å². The van der Waals surface area contributed by atoms with Crippen LogP contribution >= 0.6 is 11.8 Å². The molecule has 0 aliphatic carbocycles. The lowest BCUT2D eigenvalue weighted by molar-refractivity contribution is -0.127. The normalized spacial score (nSPS) is 16.1. The topological polar surface area (TPSA) is 75.7 Å². The largest absolute Gasteiger partial charge is 0.491 e. The smallest absolute Gasteiger partial charge is 0.294 e. The molecule has 6 nitrogen and oxygen atoms in total. The Hall–Kier alpha value is -3.06. The van der Waals surface area contributed by atoms with Gasteiger partial charge in [0.25, 0.3) is 11.1 Å². The van der Waals surface area contributed by atoms with Crippen LogP contribution in [0.5, 0.6) is 5.75 Å². The monoisotopic (exact) mass is 424 g/mol. The van der Waals surface area contributed by atoms with Crippen LogP contribution in [-0.2, 0) is 9.59 Å². The molecule has 156 valence electrons. The molecule has 0 aromatic heterocycles. The SMILES string of the molecule is CC[C@H](C)Oc1ccc(/C=C2\SC(=O)N(CC(=O)Nc3cccc(C)c3)C2=O)cc1. The summed E-state index contributed by atoms with van der Waals surface area (Å²) in [4.78, 5) is 38.4. The van der Waals surface area contributed by atoms with Gasteiger partial charge in [0, 0.05) is 5.69 Å². The van der Waals surface area contributed by atoms with E-state index in [9.17, 15) is 14.4 Å². The summed E-state index contributed by atoms with van der Waals surface area (Å²) in [5.41, 5.74) is 2.41. The number of thioether (sulfide) groups is 1. The molecule has 7 heteroatoms. The number of imide groups is 1. The fraction of sp³-hybridized carbons (Fsp3) is 0.261. The van der Waals surface area contributed by atoms with Gasteiger partial charge in [-0.05, 0) is 73.5 Å². The van der Waals surface area contributed by atoms with Crippen LogP contribution < -0.4 is 10.1 Å². The van der Waals surface area contributed by atoms with Crippen molar-refractivity contribution in [3.05, 3.63) is 64.6 Å². The third kappa shape index (κ3) is 5.51. The van der Waals surface area contributed by atoms with Gasteiger partial charge < -0.3 is 10.1 Å². The first-order valence-electron chi connectivity index (χ1n) is 9.74. The molecule has 1 fully saturated rings. The van der Waals surface area contributed by atoms with Gasteiger partial charge in [0.2, 0.25) is 5.91 Å². The van der Waals surface area contributed by atoms with E-state index in [1.165, 1.54) is 0 Å². The lowest BCUT2D eigenvalue weighted by atomic mass is 10.2. The number of carbonyl (C=O) groups excluding carboxylic acids is 3. The maximum absolute atomic E-state index is 12.6. The molecule has 1 saturated heterocycles. The average Bonchev–Trinajstić information content (AvgIpc) is 2.96. The van der Waals surface area contributed by atoms with Crippen molar-refractivity contribution >= 4 is 40.6 Å². The first kappa shape index (κ1) is 21.6. The maximum Gasteiger partial charge on any atom is 0.294 e. The van der Waals surface area contributed by atoms with Crippen LogP contribution in [0.3, 0.4) is 0 Å². The summed E-state index contributed by atoms with van der Waals surface area (Å²) in [7, 11) is 0. The first-order chi connectivity index (χ1) is 14.4. The number of nitrogens with one attached hydrogen (secondary N) is 1. The van der Waals surface area contributed by atoms with Gasteiger partial charge >= 0.3 is 0 Å². The zero-order chi connectivity index (χ0) is 21.7. The van der Waals surface area contributed by atoms with Crippen LogP contribution in [0.1, 0.15) is 31.4 Å². The molecule has 2 aromatic rings. The number of ether oxygens (including phenoxy) is 1. The Balaban J connectivity index is 1.64. The summed E-state index contributed by atoms with van der Waals surface area (Å²) >= 11 is 0.833. The van der Waals surface area contributed by atoms with Crippen molar-refractivity contribution in [3.8, 4) is 5.75 Å². The van der Waals surface area contributed by atoms with Gasteiger partial charge in [-0.1, -0.05) is 31.2 Å². The van der Waals surface area contributed by atoms with Crippen molar-refractivity contribution in [3.63, 3.8) is 0 Å². The third-order valence-corrected chi connectivity index (χ3v) is 5.47. The molecule has 0 unspecified atom stereocenters. The van der Waals surface area contributed by atoms with E-state index >= 15 is 0 Å². The van der Waals surface area contributed by atoms with E-state index in [1.807, 2.05) is 56.3 Å². The van der Waals surface area contributed by atoms with Crippen LogP contribution in [-0.4, -0.2) is 34.6 Å². The number of nitrogens with zero attached hydrogens (tertiary/aromatic N) is 1. The summed E-state index contributed by atoms with van der Waals surface area (Å²) in [6.45, 7) is 5.65. The fourth-order valence-corrected chi connectivity index (χ4v) is 3.65. The molecule has 1 aliphatic rings. The Morgan fingerprint density at radius 3 is 2.60 bits per heavy atom. The highest BCUT2D eigenvalue weighted by molar-refractivity contribution is 8.18. The zero-order valence-electron chi connectivity index (χ0n) is 17.2. The minimum absolute atomic E-state index is 0.123. The van der Waals surface area contributed by atoms with Crippen molar-refractivity contribution in [1.82, 2.24) is 4.90 Å². The number of amides is 3. The summed E-state index contributed by atoms with van der Waals surface area (Å²) in [6.07, 6.45) is 2.68. The molecule has 1 atom stereocenters. The van der Waals surface area contributed by atoms with E-state index in [0.717, 1.165) is 40.0 Å². The van der Waals surface area contributed by atoms with Gasteiger partial charge in [-0.25, -0.2) is 0 Å². The van der Waals surface area contributed by atoms with E-state index < -0.39 is 17.1 Å². The molecule has 3 amide bonds. The van der Waals surface area contributed by atoms with Crippen LogP contribution in [0.25, 0.3) is 6.08 Å². The maximum atomic E-state index is 12.6. The van der Waals surface area contributed by atoms with E-state index in [1.54, 1.807) is 12.1 Å². The minimum Gasteiger partial charge on any atom is -0.491 e. The number of benzene rings is 2. The highest BCUT2D eigenvalue weighted by atomic mass is 32.2. The summed E-state index contributed by atoms with van der Waals surface area (Å²) < 4.78 is 5.74. The van der Waals surface area contributed by atoms with Gasteiger partial charge in [-0.2, -0.15) is 0 Å². The number of hydrogen-bond acceptors (Lipinski definition) is 5. The molecule has 1 N–H and O–H groups in total.